The molecule has 0 amide bonds. The number of nitrogens with one attached hydrogen (secondary N) is 1. The highest BCUT2D eigenvalue weighted by molar-refractivity contribution is 5.75. The number of alkyl halides is 3. The average Bonchev–Trinajstić information content (AvgIpc) is 2.01. The van der Waals surface area contributed by atoms with Gasteiger partial charge in [-0.3, -0.25) is 5.41 Å². The molecule has 15 heavy (non-hydrogen) atoms. The first-order chi connectivity index (χ1) is 6.50. The van der Waals surface area contributed by atoms with Crippen LogP contribution in [0.5, 0.6) is 0 Å². The number of guanidine groups is 1. The number of nitrogens with zero attached hydrogens (tertiary/aromatic N) is 2. The Balaban J connectivity index is 0. The third-order valence-corrected chi connectivity index (χ3v) is 1.09. The number of aliphatic carboxylic acids is 1. The molecule has 0 aromatic heterocycles. The van der Waals surface area contributed by atoms with E-state index in [1.165, 1.54) is 0 Å². The molecule has 0 aliphatic rings. The summed E-state index contributed by atoms with van der Waals surface area (Å²) in [4.78, 5) is 12.4. The van der Waals surface area contributed by atoms with Gasteiger partial charge in [0.1, 0.15) is 0 Å². The molecule has 0 heterocycles. The van der Waals surface area contributed by atoms with Crippen molar-refractivity contribution < 1.29 is 23.1 Å². The molecule has 0 saturated heterocycles. The molecule has 0 atom stereocenters. The van der Waals surface area contributed by atoms with E-state index in [2.05, 4.69) is 0 Å². The number of carbonyl (C=O) groups is 1. The molecule has 0 spiro atoms. The summed E-state index contributed by atoms with van der Waals surface area (Å²) in [5, 5.41) is 14.4. The number of hydrogen-bond acceptors (Lipinski definition) is 2. The van der Waals surface area contributed by atoms with Gasteiger partial charge in [0.05, 0.1) is 0 Å². The van der Waals surface area contributed by atoms with E-state index in [1.807, 2.05) is 28.2 Å². The molecule has 0 bridgehead atoms. The Morgan fingerprint density at radius 2 is 1.33 bits per heavy atom. The average molecular weight is 229 g/mol. The summed E-state index contributed by atoms with van der Waals surface area (Å²) in [6, 6.07) is 0. The van der Waals surface area contributed by atoms with Crippen LogP contribution in [0.1, 0.15) is 0 Å². The van der Waals surface area contributed by atoms with Gasteiger partial charge in [-0.1, -0.05) is 0 Å². The molecule has 0 aliphatic heterocycles. The third kappa shape index (κ3) is 8.85. The van der Waals surface area contributed by atoms with Crippen LogP contribution in [0.15, 0.2) is 0 Å². The SMILES string of the molecule is CN(C)C(=N)N(C)C.O=C(O)C(F)(F)F. The Morgan fingerprint density at radius 1 is 1.13 bits per heavy atom. The standard InChI is InChI=1S/C5H13N3.C2HF3O2/c1-7(2)5(6)8(3)4;3-2(4,5)1(6)7/h6H,1-4H3;(H,6,7). The van der Waals surface area contributed by atoms with Crippen molar-refractivity contribution >= 4 is 11.9 Å². The Labute approximate surface area is 85.6 Å². The van der Waals surface area contributed by atoms with Gasteiger partial charge in [0.2, 0.25) is 0 Å². The molecule has 8 heteroatoms. The predicted molar refractivity (Wildman–Crippen MR) is 48.8 cm³/mol. The largest absolute Gasteiger partial charge is 0.490 e. The molecule has 2 N–H and O–H groups in total. The van der Waals surface area contributed by atoms with E-state index in [9.17, 15) is 13.2 Å². The molecule has 0 fully saturated rings. The maximum Gasteiger partial charge on any atom is 0.490 e. The van der Waals surface area contributed by atoms with Gasteiger partial charge in [-0.15, -0.1) is 0 Å². The fraction of sp³-hybridized carbons (Fsp3) is 0.714. The molecule has 0 aliphatic carbocycles. The molecule has 0 saturated carbocycles. The minimum absolute atomic E-state index is 0.519. The quantitative estimate of drug-likeness (QED) is 0.473. The first kappa shape index (κ1) is 16.0. The van der Waals surface area contributed by atoms with Crippen LogP contribution in [0.4, 0.5) is 13.2 Å². The minimum atomic E-state index is -5.08. The van der Waals surface area contributed by atoms with Crippen LogP contribution >= 0.6 is 0 Å². The topological polar surface area (TPSA) is 67.6 Å². The van der Waals surface area contributed by atoms with Gasteiger partial charge < -0.3 is 14.9 Å². The van der Waals surface area contributed by atoms with Crippen molar-refractivity contribution in [2.45, 2.75) is 6.18 Å². The van der Waals surface area contributed by atoms with Crippen molar-refractivity contribution in [1.29, 1.82) is 5.41 Å². The maximum absolute atomic E-state index is 10.6. The van der Waals surface area contributed by atoms with E-state index < -0.39 is 12.1 Å². The lowest BCUT2D eigenvalue weighted by molar-refractivity contribution is -0.192. The zero-order valence-electron chi connectivity index (χ0n) is 8.88. The van der Waals surface area contributed by atoms with E-state index in [0.717, 1.165) is 0 Å². The van der Waals surface area contributed by atoms with E-state index in [4.69, 9.17) is 15.3 Å². The number of carboxylic acids is 1. The van der Waals surface area contributed by atoms with E-state index in [1.54, 1.807) is 9.80 Å². The van der Waals surface area contributed by atoms with Crippen molar-refractivity contribution in [3.63, 3.8) is 0 Å². The smallest absolute Gasteiger partial charge is 0.475 e. The van der Waals surface area contributed by atoms with E-state index in [0.29, 0.717) is 5.96 Å². The summed E-state index contributed by atoms with van der Waals surface area (Å²) in [6.45, 7) is 0. The molecule has 0 rings (SSSR count). The fourth-order valence-corrected chi connectivity index (χ4v) is 0.400. The summed E-state index contributed by atoms with van der Waals surface area (Å²) in [6.07, 6.45) is -5.08. The number of halogens is 3. The zero-order chi connectivity index (χ0) is 12.8. The van der Waals surface area contributed by atoms with Crippen LogP contribution in [-0.4, -0.2) is 61.2 Å². The first-order valence-corrected chi connectivity index (χ1v) is 3.73. The van der Waals surface area contributed by atoms with Gasteiger partial charge in [-0.25, -0.2) is 4.79 Å². The van der Waals surface area contributed by atoms with Crippen LogP contribution < -0.4 is 0 Å². The lowest BCUT2D eigenvalue weighted by atomic mass is 10.7. The van der Waals surface area contributed by atoms with Crippen molar-refractivity contribution in [3.05, 3.63) is 0 Å². The zero-order valence-corrected chi connectivity index (χ0v) is 8.88. The van der Waals surface area contributed by atoms with Crippen LogP contribution in [-0.2, 0) is 4.79 Å². The van der Waals surface area contributed by atoms with Gasteiger partial charge in [0, 0.05) is 28.2 Å². The second-order valence-electron chi connectivity index (χ2n) is 2.92. The highest BCUT2D eigenvalue weighted by atomic mass is 19.4. The predicted octanol–water partition coefficient (Wildman–Crippen LogP) is 0.678. The maximum atomic E-state index is 10.6. The Kier molecular flexibility index (Phi) is 6.49. The lowest BCUT2D eigenvalue weighted by Crippen LogP contribution is -2.34. The molecule has 0 aromatic rings. The van der Waals surface area contributed by atoms with Crippen molar-refractivity contribution in [1.82, 2.24) is 9.80 Å². The highest BCUT2D eigenvalue weighted by Gasteiger charge is 2.38. The van der Waals surface area contributed by atoms with Crippen molar-refractivity contribution in [2.75, 3.05) is 28.2 Å². The summed E-state index contributed by atoms with van der Waals surface area (Å²) in [5.74, 6) is -2.24. The van der Waals surface area contributed by atoms with Gasteiger partial charge in [0.25, 0.3) is 0 Å². The molecular formula is C7H14F3N3O2. The van der Waals surface area contributed by atoms with Crippen LogP contribution in [0.25, 0.3) is 0 Å². The van der Waals surface area contributed by atoms with Crippen molar-refractivity contribution in [2.24, 2.45) is 0 Å². The van der Waals surface area contributed by atoms with Gasteiger partial charge in [0.15, 0.2) is 5.96 Å². The molecule has 90 valence electrons. The summed E-state index contributed by atoms with van der Waals surface area (Å²) in [5.41, 5.74) is 0. The number of rotatable bonds is 0. The fourth-order valence-electron chi connectivity index (χ4n) is 0.400. The Morgan fingerprint density at radius 3 is 1.33 bits per heavy atom. The van der Waals surface area contributed by atoms with Crippen LogP contribution in [0.3, 0.4) is 0 Å². The molecule has 5 nitrogen and oxygen atoms in total. The summed E-state index contributed by atoms with van der Waals surface area (Å²) in [7, 11) is 7.40. The van der Waals surface area contributed by atoms with Crippen LogP contribution in [0.2, 0.25) is 0 Å². The summed E-state index contributed by atoms with van der Waals surface area (Å²) >= 11 is 0. The van der Waals surface area contributed by atoms with Crippen LogP contribution in [0, 0.1) is 5.41 Å². The van der Waals surface area contributed by atoms with Gasteiger partial charge in [-0.05, 0) is 0 Å². The van der Waals surface area contributed by atoms with E-state index >= 15 is 0 Å². The number of carboxylic acid groups (broad SMARTS) is 1. The first-order valence-electron chi connectivity index (χ1n) is 3.73. The lowest BCUT2D eigenvalue weighted by Gasteiger charge is -2.19. The highest BCUT2D eigenvalue weighted by Crippen LogP contribution is 2.13. The monoisotopic (exact) mass is 229 g/mol. The van der Waals surface area contributed by atoms with Crippen molar-refractivity contribution in [3.8, 4) is 0 Å². The molecular weight excluding hydrogens is 215 g/mol. The van der Waals surface area contributed by atoms with Gasteiger partial charge >= 0.3 is 12.1 Å². The number of hydrogen-bond donors (Lipinski definition) is 2. The van der Waals surface area contributed by atoms with E-state index in [-0.39, 0.29) is 0 Å². The molecule has 0 radical (unpaired) electrons. The van der Waals surface area contributed by atoms with Gasteiger partial charge in [-0.2, -0.15) is 13.2 Å². The second kappa shape index (κ2) is 6.10. The summed E-state index contributed by atoms with van der Waals surface area (Å²) < 4.78 is 31.7. The third-order valence-electron chi connectivity index (χ3n) is 1.09. The molecule has 0 unspecified atom stereocenters. The molecule has 0 aromatic carbocycles. The minimum Gasteiger partial charge on any atom is -0.475 e. The second-order valence-corrected chi connectivity index (χ2v) is 2.92. The Bertz CT molecular complexity index is 216. The Hall–Kier alpha value is -1.47. The normalized spacial score (nSPS) is 9.80.